The number of aliphatic hydroxyl groups is 1. The first-order valence-corrected chi connectivity index (χ1v) is 5.24. The van der Waals surface area contributed by atoms with Crippen molar-refractivity contribution in [3.63, 3.8) is 0 Å². The molecule has 0 spiro atoms. The van der Waals surface area contributed by atoms with E-state index in [1.54, 1.807) is 0 Å². The van der Waals surface area contributed by atoms with E-state index in [4.69, 9.17) is 5.11 Å². The number of aromatic carboxylic acids is 1. The van der Waals surface area contributed by atoms with Gasteiger partial charge in [0.05, 0.1) is 6.10 Å². The van der Waals surface area contributed by atoms with Crippen molar-refractivity contribution < 1.29 is 19.8 Å². The first kappa shape index (κ1) is 11.5. The predicted molar refractivity (Wildman–Crippen MR) is 57.7 cm³/mol. The summed E-state index contributed by atoms with van der Waals surface area (Å²) in [6.07, 6.45) is 1.37. The molecule has 1 saturated heterocycles. The number of hydrogen-bond acceptors (Lipinski definition) is 4. The molecule has 1 aliphatic heterocycles. The van der Waals surface area contributed by atoms with E-state index < -0.39 is 12.1 Å². The van der Waals surface area contributed by atoms with Crippen molar-refractivity contribution in [2.75, 3.05) is 13.1 Å². The molecule has 2 N–H and O–H groups in total. The van der Waals surface area contributed by atoms with E-state index in [9.17, 15) is 14.7 Å². The molecular weight excluding hydrogens is 224 g/mol. The molecule has 1 atom stereocenters. The van der Waals surface area contributed by atoms with Gasteiger partial charge in [0.1, 0.15) is 5.69 Å². The van der Waals surface area contributed by atoms with E-state index in [1.807, 2.05) is 0 Å². The van der Waals surface area contributed by atoms with E-state index in [2.05, 4.69) is 4.98 Å². The Hall–Kier alpha value is -1.95. The molecule has 2 heterocycles. The summed E-state index contributed by atoms with van der Waals surface area (Å²) < 4.78 is 0. The number of hydrogen-bond donors (Lipinski definition) is 2. The van der Waals surface area contributed by atoms with Crippen LogP contribution in [0.2, 0.25) is 0 Å². The maximum atomic E-state index is 12.0. The second-order valence-corrected chi connectivity index (χ2v) is 3.93. The van der Waals surface area contributed by atoms with Crippen LogP contribution in [-0.4, -0.2) is 51.2 Å². The Morgan fingerprint density at radius 1 is 1.47 bits per heavy atom. The van der Waals surface area contributed by atoms with Crippen molar-refractivity contribution in [1.29, 1.82) is 0 Å². The summed E-state index contributed by atoms with van der Waals surface area (Å²) in [5, 5.41) is 18.1. The molecule has 1 aromatic rings. The van der Waals surface area contributed by atoms with Crippen molar-refractivity contribution >= 4 is 11.9 Å². The van der Waals surface area contributed by atoms with Gasteiger partial charge in [0.15, 0.2) is 0 Å². The number of carbonyl (C=O) groups excluding carboxylic acids is 1. The number of amides is 1. The number of aliphatic hydroxyl groups excluding tert-OH is 1. The fourth-order valence-corrected chi connectivity index (χ4v) is 1.79. The third kappa shape index (κ3) is 2.42. The smallest absolute Gasteiger partial charge is 0.354 e. The van der Waals surface area contributed by atoms with E-state index in [0.717, 1.165) is 0 Å². The van der Waals surface area contributed by atoms with Crippen LogP contribution in [0.15, 0.2) is 18.3 Å². The zero-order valence-electron chi connectivity index (χ0n) is 9.04. The van der Waals surface area contributed by atoms with Gasteiger partial charge in [-0.3, -0.25) is 4.79 Å². The third-order valence-electron chi connectivity index (χ3n) is 2.68. The van der Waals surface area contributed by atoms with Gasteiger partial charge in [-0.1, -0.05) is 0 Å². The Morgan fingerprint density at radius 3 is 2.82 bits per heavy atom. The molecule has 1 aliphatic rings. The van der Waals surface area contributed by atoms with Crippen LogP contribution < -0.4 is 0 Å². The number of β-amino-alcohol motifs (C(OH)–C–C–N with tert-alkyl or cyclic N) is 1. The van der Waals surface area contributed by atoms with E-state index in [1.165, 1.54) is 23.2 Å². The number of likely N-dealkylation sites (tertiary alicyclic amines) is 1. The Labute approximate surface area is 97.5 Å². The quantitative estimate of drug-likeness (QED) is 0.753. The van der Waals surface area contributed by atoms with Crippen LogP contribution >= 0.6 is 0 Å². The van der Waals surface area contributed by atoms with Gasteiger partial charge in [-0.2, -0.15) is 0 Å². The second kappa shape index (κ2) is 4.50. The van der Waals surface area contributed by atoms with Crippen LogP contribution in [0.3, 0.4) is 0 Å². The van der Waals surface area contributed by atoms with Crippen LogP contribution in [0.4, 0.5) is 0 Å². The lowest BCUT2D eigenvalue weighted by atomic mass is 10.2. The SMILES string of the molecule is O=C(O)c1cc(C(=O)N2CCC(O)C2)ccn1. The summed E-state index contributed by atoms with van der Waals surface area (Å²) >= 11 is 0. The van der Waals surface area contributed by atoms with Crippen LogP contribution in [0.1, 0.15) is 27.3 Å². The summed E-state index contributed by atoms with van der Waals surface area (Å²) in [6.45, 7) is 0.786. The number of carbonyl (C=O) groups is 2. The van der Waals surface area contributed by atoms with Crippen molar-refractivity contribution in [3.05, 3.63) is 29.6 Å². The maximum Gasteiger partial charge on any atom is 0.354 e. The summed E-state index contributed by atoms with van der Waals surface area (Å²) in [5.74, 6) is -1.44. The van der Waals surface area contributed by atoms with Crippen molar-refractivity contribution in [1.82, 2.24) is 9.88 Å². The lowest BCUT2D eigenvalue weighted by molar-refractivity contribution is 0.0690. The number of aromatic nitrogens is 1. The molecule has 0 saturated carbocycles. The molecule has 1 fully saturated rings. The number of pyridine rings is 1. The van der Waals surface area contributed by atoms with Crippen molar-refractivity contribution in [3.8, 4) is 0 Å². The molecule has 17 heavy (non-hydrogen) atoms. The highest BCUT2D eigenvalue weighted by Crippen LogP contribution is 2.13. The number of carboxylic acids is 1. The summed E-state index contributed by atoms with van der Waals surface area (Å²) in [7, 11) is 0. The molecule has 0 radical (unpaired) electrons. The Kier molecular flexibility index (Phi) is 3.06. The van der Waals surface area contributed by atoms with Gasteiger partial charge >= 0.3 is 5.97 Å². The standard InChI is InChI=1S/C11H12N2O4/c14-8-2-4-13(6-8)10(15)7-1-3-12-9(5-7)11(16)17/h1,3,5,8,14H,2,4,6H2,(H,16,17). The number of nitrogens with zero attached hydrogens (tertiary/aromatic N) is 2. The average molecular weight is 236 g/mol. The van der Waals surface area contributed by atoms with E-state index in [-0.39, 0.29) is 17.2 Å². The fourth-order valence-electron chi connectivity index (χ4n) is 1.79. The highest BCUT2D eigenvalue weighted by molar-refractivity contribution is 5.96. The second-order valence-electron chi connectivity index (χ2n) is 3.93. The van der Waals surface area contributed by atoms with Gasteiger partial charge in [-0.25, -0.2) is 9.78 Å². The molecule has 0 aliphatic carbocycles. The zero-order chi connectivity index (χ0) is 12.4. The van der Waals surface area contributed by atoms with Gasteiger partial charge in [0, 0.05) is 24.8 Å². The highest BCUT2D eigenvalue weighted by Gasteiger charge is 2.25. The fraction of sp³-hybridized carbons (Fsp3) is 0.364. The molecule has 2 rings (SSSR count). The van der Waals surface area contributed by atoms with E-state index in [0.29, 0.717) is 19.5 Å². The number of rotatable bonds is 2. The van der Waals surface area contributed by atoms with Gasteiger partial charge in [0.25, 0.3) is 5.91 Å². The molecule has 90 valence electrons. The molecule has 0 aromatic carbocycles. The predicted octanol–water partition coefficient (Wildman–Crippen LogP) is -0.0134. The summed E-state index contributed by atoms with van der Waals surface area (Å²) in [6, 6.07) is 2.72. The molecular formula is C11H12N2O4. The Bertz CT molecular complexity index is 461. The highest BCUT2D eigenvalue weighted by atomic mass is 16.4. The third-order valence-corrected chi connectivity index (χ3v) is 2.68. The maximum absolute atomic E-state index is 12.0. The average Bonchev–Trinajstić information content (AvgIpc) is 2.75. The van der Waals surface area contributed by atoms with Gasteiger partial charge < -0.3 is 15.1 Å². The van der Waals surface area contributed by atoms with Crippen molar-refractivity contribution in [2.45, 2.75) is 12.5 Å². The first-order valence-electron chi connectivity index (χ1n) is 5.24. The van der Waals surface area contributed by atoms with Crippen molar-refractivity contribution in [2.24, 2.45) is 0 Å². The Balaban J connectivity index is 2.19. The normalized spacial score (nSPS) is 19.4. The molecule has 1 aromatic heterocycles. The minimum Gasteiger partial charge on any atom is -0.477 e. The van der Waals surface area contributed by atoms with Gasteiger partial charge in [0.2, 0.25) is 0 Å². The summed E-state index contributed by atoms with van der Waals surface area (Å²) in [5.41, 5.74) is 0.127. The molecule has 1 unspecified atom stereocenters. The van der Waals surface area contributed by atoms with Crippen LogP contribution in [0, 0.1) is 0 Å². The van der Waals surface area contributed by atoms with Crippen LogP contribution in [-0.2, 0) is 0 Å². The minimum absolute atomic E-state index is 0.157. The molecule has 6 heteroatoms. The monoisotopic (exact) mass is 236 g/mol. The molecule has 6 nitrogen and oxygen atoms in total. The van der Waals surface area contributed by atoms with E-state index >= 15 is 0 Å². The van der Waals surface area contributed by atoms with Gasteiger partial charge in [-0.05, 0) is 18.6 Å². The summed E-state index contributed by atoms with van der Waals surface area (Å²) in [4.78, 5) is 27.8. The first-order chi connectivity index (χ1) is 8.08. The largest absolute Gasteiger partial charge is 0.477 e. The number of carboxylic acid groups (broad SMARTS) is 1. The van der Waals surface area contributed by atoms with Crippen LogP contribution in [0.25, 0.3) is 0 Å². The lowest BCUT2D eigenvalue weighted by Gasteiger charge is -2.15. The molecule has 0 bridgehead atoms. The lowest BCUT2D eigenvalue weighted by Crippen LogP contribution is -2.29. The Morgan fingerprint density at radius 2 is 2.24 bits per heavy atom. The minimum atomic E-state index is -1.17. The van der Waals surface area contributed by atoms with Gasteiger partial charge in [-0.15, -0.1) is 0 Å². The zero-order valence-corrected chi connectivity index (χ0v) is 9.04. The molecule has 1 amide bonds. The topological polar surface area (TPSA) is 90.7 Å². The van der Waals surface area contributed by atoms with Crippen LogP contribution in [0.5, 0.6) is 0 Å².